The lowest BCUT2D eigenvalue weighted by atomic mass is 10.1. The van der Waals surface area contributed by atoms with Gasteiger partial charge < -0.3 is 4.74 Å². The van der Waals surface area contributed by atoms with Gasteiger partial charge in [0.15, 0.2) is 0 Å². The van der Waals surface area contributed by atoms with Crippen molar-refractivity contribution in [2.75, 3.05) is 12.9 Å². The number of hydrogen-bond donors (Lipinski definition) is 0. The number of imide groups is 1. The van der Waals surface area contributed by atoms with Gasteiger partial charge in [-0.25, -0.2) is 4.79 Å². The smallest absolute Gasteiger partial charge is 0.338 e. The summed E-state index contributed by atoms with van der Waals surface area (Å²) in [4.78, 5) is 35.7. The predicted octanol–water partition coefficient (Wildman–Crippen LogP) is 1.67. The van der Waals surface area contributed by atoms with Crippen molar-refractivity contribution in [3.05, 3.63) is 35.4 Å². The number of nitrogens with zero attached hydrogens (tertiary/aromatic N) is 1. The van der Waals surface area contributed by atoms with Crippen LogP contribution in [0.2, 0.25) is 0 Å². The van der Waals surface area contributed by atoms with Crippen LogP contribution in [0.5, 0.6) is 0 Å². The van der Waals surface area contributed by atoms with E-state index in [-0.39, 0.29) is 23.4 Å². The van der Waals surface area contributed by atoms with Gasteiger partial charge in [0, 0.05) is 0 Å². The molecule has 94 valence electrons. The van der Waals surface area contributed by atoms with Gasteiger partial charge in [-0.3, -0.25) is 14.5 Å². The topological polar surface area (TPSA) is 63.7 Å². The van der Waals surface area contributed by atoms with Crippen molar-refractivity contribution in [1.29, 1.82) is 0 Å². The third kappa shape index (κ3) is 2.38. The first kappa shape index (κ1) is 12.6. The number of rotatable bonds is 3. The first-order chi connectivity index (χ1) is 8.63. The molecule has 6 heteroatoms. The molecule has 0 saturated carbocycles. The summed E-state index contributed by atoms with van der Waals surface area (Å²) in [6.45, 7) is 0.107. The van der Waals surface area contributed by atoms with Gasteiger partial charge in [0.25, 0.3) is 5.24 Å². The van der Waals surface area contributed by atoms with E-state index in [2.05, 4.69) is 4.74 Å². The minimum absolute atomic E-state index is 0.107. The van der Waals surface area contributed by atoms with E-state index in [1.54, 1.807) is 24.3 Å². The quantitative estimate of drug-likeness (QED) is 0.778. The molecule has 2 amide bonds. The molecule has 1 saturated heterocycles. The molecule has 1 aliphatic rings. The van der Waals surface area contributed by atoms with E-state index in [1.807, 2.05) is 0 Å². The number of methoxy groups -OCH3 is 1. The highest BCUT2D eigenvalue weighted by molar-refractivity contribution is 8.14. The highest BCUT2D eigenvalue weighted by atomic mass is 32.2. The molecule has 0 aliphatic carbocycles. The fourth-order valence-electron chi connectivity index (χ4n) is 1.67. The van der Waals surface area contributed by atoms with Crippen molar-refractivity contribution >= 4 is 28.9 Å². The molecule has 1 aliphatic heterocycles. The molecular formula is C12H11NO4S. The molecule has 0 bridgehead atoms. The lowest BCUT2D eigenvalue weighted by Gasteiger charge is -2.14. The van der Waals surface area contributed by atoms with Gasteiger partial charge in [0.1, 0.15) is 0 Å². The number of thioether (sulfide) groups is 1. The number of benzene rings is 1. The number of hydrogen-bond acceptors (Lipinski definition) is 5. The van der Waals surface area contributed by atoms with E-state index in [1.165, 1.54) is 7.11 Å². The maximum atomic E-state index is 11.6. The summed E-state index contributed by atoms with van der Waals surface area (Å²) in [5.74, 6) is -0.541. The Morgan fingerprint density at radius 3 is 2.72 bits per heavy atom. The lowest BCUT2D eigenvalue weighted by molar-refractivity contribution is -0.125. The molecule has 5 nitrogen and oxygen atoms in total. The van der Waals surface area contributed by atoms with E-state index in [0.717, 1.165) is 16.7 Å². The molecule has 1 heterocycles. The molecule has 0 N–H and O–H groups in total. The Bertz CT molecular complexity index is 499. The normalized spacial score (nSPS) is 15.1. The Morgan fingerprint density at radius 1 is 1.39 bits per heavy atom. The van der Waals surface area contributed by atoms with E-state index in [4.69, 9.17) is 0 Å². The number of amides is 2. The van der Waals surface area contributed by atoms with Crippen LogP contribution >= 0.6 is 11.8 Å². The van der Waals surface area contributed by atoms with Gasteiger partial charge in [-0.2, -0.15) is 0 Å². The first-order valence-electron chi connectivity index (χ1n) is 5.27. The largest absolute Gasteiger partial charge is 0.465 e. The summed E-state index contributed by atoms with van der Waals surface area (Å²) < 4.78 is 4.66. The molecule has 1 aromatic rings. The van der Waals surface area contributed by atoms with Crippen molar-refractivity contribution in [2.24, 2.45) is 0 Å². The molecule has 0 atom stereocenters. The summed E-state index contributed by atoms with van der Waals surface area (Å²) in [6.07, 6.45) is 0. The standard InChI is InChI=1S/C12H11NO4S/c1-17-11(15)9-5-3-2-4-8(9)6-13-10(14)7-18-12(13)16/h2-5H,6-7H2,1H3. The molecule has 0 unspecified atom stereocenters. The van der Waals surface area contributed by atoms with Crippen LogP contribution in [0, 0.1) is 0 Å². The number of ether oxygens (including phenoxy) is 1. The van der Waals surface area contributed by atoms with Gasteiger partial charge in [0.05, 0.1) is 25.0 Å². The second kappa shape index (κ2) is 5.22. The summed E-state index contributed by atoms with van der Waals surface area (Å²) in [5, 5.41) is -0.278. The second-order valence-corrected chi connectivity index (χ2v) is 4.61. The number of carbonyl (C=O) groups is 3. The Labute approximate surface area is 108 Å². The maximum Gasteiger partial charge on any atom is 0.338 e. The fraction of sp³-hybridized carbons (Fsp3) is 0.250. The van der Waals surface area contributed by atoms with Gasteiger partial charge >= 0.3 is 5.97 Å². The monoisotopic (exact) mass is 265 g/mol. The van der Waals surface area contributed by atoms with E-state index in [9.17, 15) is 14.4 Å². The average molecular weight is 265 g/mol. The average Bonchev–Trinajstić information content (AvgIpc) is 2.70. The molecule has 0 spiro atoms. The third-order valence-electron chi connectivity index (χ3n) is 2.59. The van der Waals surface area contributed by atoms with Crippen LogP contribution in [-0.2, 0) is 16.1 Å². The van der Waals surface area contributed by atoms with Gasteiger partial charge in [-0.05, 0) is 11.6 Å². The predicted molar refractivity (Wildman–Crippen MR) is 66.2 cm³/mol. The first-order valence-corrected chi connectivity index (χ1v) is 6.25. The van der Waals surface area contributed by atoms with Gasteiger partial charge in [-0.1, -0.05) is 30.0 Å². The summed E-state index contributed by atoms with van der Waals surface area (Å²) >= 11 is 0.974. The highest BCUT2D eigenvalue weighted by Gasteiger charge is 2.30. The minimum Gasteiger partial charge on any atom is -0.465 e. The summed E-state index contributed by atoms with van der Waals surface area (Å²) in [7, 11) is 1.29. The summed E-state index contributed by atoms with van der Waals surface area (Å²) in [6, 6.07) is 6.77. The minimum atomic E-state index is -0.475. The second-order valence-electron chi connectivity index (χ2n) is 3.68. The zero-order valence-electron chi connectivity index (χ0n) is 9.71. The van der Waals surface area contributed by atoms with Crippen LogP contribution in [-0.4, -0.2) is 34.9 Å². The van der Waals surface area contributed by atoms with Crippen LogP contribution in [0.4, 0.5) is 4.79 Å². The number of carbonyl (C=O) groups excluding carboxylic acids is 3. The zero-order valence-corrected chi connectivity index (χ0v) is 10.5. The lowest BCUT2D eigenvalue weighted by Crippen LogP contribution is -2.28. The molecule has 1 aromatic carbocycles. The van der Waals surface area contributed by atoms with Crippen LogP contribution < -0.4 is 0 Å². The molecule has 1 fully saturated rings. The van der Waals surface area contributed by atoms with Crippen molar-refractivity contribution in [3.8, 4) is 0 Å². The SMILES string of the molecule is COC(=O)c1ccccc1CN1C(=O)CSC1=O. The van der Waals surface area contributed by atoms with Gasteiger partial charge in [0.2, 0.25) is 5.91 Å². The fourth-order valence-corrected chi connectivity index (χ4v) is 2.40. The molecule has 0 radical (unpaired) electrons. The Balaban J connectivity index is 2.26. The van der Waals surface area contributed by atoms with Crippen LogP contribution in [0.1, 0.15) is 15.9 Å². The molecule has 2 rings (SSSR count). The molecular weight excluding hydrogens is 254 g/mol. The molecule has 0 aromatic heterocycles. The zero-order chi connectivity index (χ0) is 13.1. The Hall–Kier alpha value is -1.82. The van der Waals surface area contributed by atoms with Crippen LogP contribution in [0.3, 0.4) is 0 Å². The summed E-state index contributed by atoms with van der Waals surface area (Å²) in [5.41, 5.74) is 0.978. The van der Waals surface area contributed by atoms with E-state index >= 15 is 0 Å². The Kier molecular flexibility index (Phi) is 3.66. The number of esters is 1. The van der Waals surface area contributed by atoms with E-state index < -0.39 is 5.97 Å². The highest BCUT2D eigenvalue weighted by Crippen LogP contribution is 2.22. The third-order valence-corrected chi connectivity index (χ3v) is 3.45. The van der Waals surface area contributed by atoms with Crippen molar-refractivity contribution in [1.82, 2.24) is 4.90 Å². The van der Waals surface area contributed by atoms with Crippen molar-refractivity contribution in [2.45, 2.75) is 6.54 Å². The van der Waals surface area contributed by atoms with Crippen LogP contribution in [0.15, 0.2) is 24.3 Å². The van der Waals surface area contributed by atoms with Crippen molar-refractivity contribution < 1.29 is 19.1 Å². The maximum absolute atomic E-state index is 11.6. The van der Waals surface area contributed by atoms with Crippen molar-refractivity contribution in [3.63, 3.8) is 0 Å². The van der Waals surface area contributed by atoms with Crippen LogP contribution in [0.25, 0.3) is 0 Å². The van der Waals surface area contributed by atoms with Gasteiger partial charge in [-0.15, -0.1) is 0 Å². The van der Waals surface area contributed by atoms with E-state index in [0.29, 0.717) is 11.1 Å². The Morgan fingerprint density at radius 2 is 2.11 bits per heavy atom. The molecule has 18 heavy (non-hydrogen) atoms.